The lowest BCUT2D eigenvalue weighted by Crippen LogP contribution is -2.50. The first-order chi connectivity index (χ1) is 20.4. The van der Waals surface area contributed by atoms with Gasteiger partial charge < -0.3 is 14.8 Å². The van der Waals surface area contributed by atoms with Crippen LogP contribution in [0.1, 0.15) is 87.3 Å². The molecule has 4 aromatic rings. The lowest BCUT2D eigenvalue weighted by molar-refractivity contribution is -0.126. The van der Waals surface area contributed by atoms with Crippen molar-refractivity contribution in [3.05, 3.63) is 95.6 Å². The molecule has 0 bridgehead atoms. The number of carbonyl (C=O) groups is 2. The predicted molar refractivity (Wildman–Crippen MR) is 172 cm³/mol. The van der Waals surface area contributed by atoms with Crippen LogP contribution in [-0.2, 0) is 11.8 Å². The molecule has 5 nitrogen and oxygen atoms in total. The van der Waals surface area contributed by atoms with Crippen molar-refractivity contribution in [3.8, 4) is 11.3 Å². The fraction of sp³-hybridized carbons (Fsp3) is 0.405. The van der Waals surface area contributed by atoms with Crippen LogP contribution in [0, 0.1) is 11.8 Å². The molecule has 1 aliphatic heterocycles. The van der Waals surface area contributed by atoms with E-state index in [0.717, 1.165) is 59.0 Å². The smallest absolute Gasteiger partial charge is 0.255 e. The van der Waals surface area contributed by atoms with Crippen LogP contribution in [0.3, 0.4) is 0 Å². The molecule has 5 rings (SSSR count). The van der Waals surface area contributed by atoms with Gasteiger partial charge in [0.2, 0.25) is 5.91 Å². The normalized spacial score (nSPS) is 16.2. The lowest BCUT2D eigenvalue weighted by atomic mass is 9.91. The van der Waals surface area contributed by atoms with Crippen LogP contribution < -0.4 is 5.32 Å². The zero-order valence-electron chi connectivity index (χ0n) is 25.8. The highest BCUT2D eigenvalue weighted by Crippen LogP contribution is 2.47. The van der Waals surface area contributed by atoms with E-state index >= 15 is 0 Å². The van der Waals surface area contributed by atoms with Crippen molar-refractivity contribution in [2.45, 2.75) is 71.9 Å². The van der Waals surface area contributed by atoms with Gasteiger partial charge in [0.15, 0.2) is 0 Å². The predicted octanol–water partition coefficient (Wildman–Crippen LogP) is 8.14. The van der Waals surface area contributed by atoms with E-state index in [1.54, 1.807) is 0 Å². The Morgan fingerprint density at radius 3 is 2.33 bits per heavy atom. The van der Waals surface area contributed by atoms with Crippen molar-refractivity contribution in [2.24, 2.45) is 18.9 Å². The van der Waals surface area contributed by atoms with Crippen LogP contribution in [0.4, 0.5) is 0 Å². The quantitative estimate of drug-likeness (QED) is 0.189. The number of nitrogens with one attached hydrogen (secondary N) is 1. The molecule has 1 aliphatic rings. The van der Waals surface area contributed by atoms with Crippen LogP contribution in [0.5, 0.6) is 0 Å². The number of fused-ring (bicyclic) bond motifs is 2. The summed E-state index contributed by atoms with van der Waals surface area (Å²) in [7, 11) is 2.10. The summed E-state index contributed by atoms with van der Waals surface area (Å²) in [6.07, 6.45) is 5.05. The summed E-state index contributed by atoms with van der Waals surface area (Å²) in [6, 6.07) is 25.8. The second-order valence-corrected chi connectivity index (χ2v) is 12.2. The Kier molecular flexibility index (Phi) is 9.15. The maximum absolute atomic E-state index is 14.4. The van der Waals surface area contributed by atoms with Gasteiger partial charge in [0.05, 0.1) is 11.7 Å². The number of hydrogen-bond acceptors (Lipinski definition) is 2. The van der Waals surface area contributed by atoms with Crippen molar-refractivity contribution in [2.75, 3.05) is 6.54 Å². The average Bonchev–Trinajstić information content (AvgIpc) is 3.46. The number of aromatic nitrogens is 1. The molecule has 220 valence electrons. The fourth-order valence-electron chi connectivity index (χ4n) is 6.70. The summed E-state index contributed by atoms with van der Waals surface area (Å²) in [6.45, 7) is 9.31. The number of benzene rings is 3. The molecule has 2 amide bonds. The monoisotopic (exact) mass is 563 g/mol. The molecule has 1 aromatic heterocycles. The molecule has 42 heavy (non-hydrogen) atoms. The number of unbranched alkanes of at least 4 members (excludes halogenated alkanes) is 1. The van der Waals surface area contributed by atoms with E-state index < -0.39 is 6.04 Å². The third kappa shape index (κ3) is 5.62. The summed E-state index contributed by atoms with van der Waals surface area (Å²) in [5.74, 6) is 0.562. The molecule has 0 saturated heterocycles. The molecule has 5 heteroatoms. The molecule has 0 spiro atoms. The van der Waals surface area contributed by atoms with Crippen molar-refractivity contribution in [1.82, 2.24) is 14.8 Å². The Hall–Kier alpha value is -3.86. The van der Waals surface area contributed by atoms with Gasteiger partial charge in [0.1, 0.15) is 6.04 Å². The minimum absolute atomic E-state index is 0.0497. The highest BCUT2D eigenvalue weighted by atomic mass is 16.2. The summed E-state index contributed by atoms with van der Waals surface area (Å²) in [5, 5.41) is 4.40. The number of para-hydroxylation sites is 1. The van der Waals surface area contributed by atoms with Crippen molar-refractivity contribution in [1.29, 1.82) is 0 Å². The SMILES string of the molecule is CCCCC(CC)CNC(=O)C(CC(C)C)N1C(=O)c2ccccc2C1c1c(-c2ccccc2)n(C)c2ccccc12. The highest BCUT2D eigenvalue weighted by molar-refractivity contribution is 6.04. The number of amides is 2. The Morgan fingerprint density at radius 2 is 1.62 bits per heavy atom. The second-order valence-electron chi connectivity index (χ2n) is 12.2. The Bertz CT molecular complexity index is 1540. The van der Waals surface area contributed by atoms with Crippen LogP contribution in [0.2, 0.25) is 0 Å². The van der Waals surface area contributed by atoms with E-state index in [1.165, 1.54) is 0 Å². The van der Waals surface area contributed by atoms with Crippen LogP contribution >= 0.6 is 0 Å². The van der Waals surface area contributed by atoms with Crippen molar-refractivity contribution >= 4 is 22.7 Å². The maximum Gasteiger partial charge on any atom is 0.255 e. The number of carbonyl (C=O) groups excluding carboxylic acids is 2. The minimum Gasteiger partial charge on any atom is -0.354 e. The van der Waals surface area contributed by atoms with Crippen LogP contribution in [0.25, 0.3) is 22.2 Å². The van der Waals surface area contributed by atoms with Gasteiger partial charge in [-0.05, 0) is 47.9 Å². The van der Waals surface area contributed by atoms with Crippen molar-refractivity contribution < 1.29 is 9.59 Å². The molecule has 3 atom stereocenters. The summed E-state index contributed by atoms with van der Waals surface area (Å²) in [4.78, 5) is 30.4. The van der Waals surface area contributed by atoms with Gasteiger partial charge in [-0.25, -0.2) is 0 Å². The highest BCUT2D eigenvalue weighted by Gasteiger charge is 2.46. The van der Waals surface area contributed by atoms with E-state index in [0.29, 0.717) is 24.4 Å². The molecule has 0 saturated carbocycles. The van der Waals surface area contributed by atoms with E-state index in [9.17, 15) is 9.59 Å². The maximum atomic E-state index is 14.4. The molecular weight excluding hydrogens is 518 g/mol. The molecule has 3 aromatic carbocycles. The summed E-state index contributed by atoms with van der Waals surface area (Å²) in [5.41, 5.74) is 6.00. The Balaban J connectivity index is 1.66. The molecule has 1 N–H and O–H groups in total. The third-order valence-corrected chi connectivity index (χ3v) is 8.91. The van der Waals surface area contributed by atoms with Gasteiger partial charge in [-0.3, -0.25) is 9.59 Å². The zero-order chi connectivity index (χ0) is 29.8. The first-order valence-corrected chi connectivity index (χ1v) is 15.7. The standard InChI is InChI=1S/C37H45N3O2/c1-6-8-16-26(7-2)24-38-36(41)32(23-25(3)4)40-35(28-19-12-13-20-29(28)37(40)42)33-30-21-14-15-22-31(30)39(5)34(33)27-17-10-9-11-18-27/h9-15,17-22,25-26,32,35H,6-8,16,23-24H2,1-5H3,(H,38,41). The van der Waals surface area contributed by atoms with Crippen molar-refractivity contribution in [3.63, 3.8) is 0 Å². The minimum atomic E-state index is -0.582. The number of rotatable bonds is 12. The molecule has 0 aliphatic carbocycles. The topological polar surface area (TPSA) is 54.3 Å². The third-order valence-electron chi connectivity index (χ3n) is 8.91. The molecule has 0 radical (unpaired) electrons. The van der Waals surface area contributed by atoms with E-state index in [1.807, 2.05) is 29.2 Å². The lowest BCUT2D eigenvalue weighted by Gasteiger charge is -2.35. The molecule has 0 fully saturated rings. The first kappa shape index (κ1) is 29.6. The van der Waals surface area contributed by atoms with E-state index in [-0.39, 0.29) is 23.8 Å². The Labute approximate surface area is 250 Å². The number of aryl methyl sites for hydroxylation is 1. The number of hydrogen-bond donors (Lipinski definition) is 1. The van der Waals surface area contributed by atoms with E-state index in [2.05, 4.69) is 99.2 Å². The molecular formula is C37H45N3O2. The average molecular weight is 564 g/mol. The summed E-state index contributed by atoms with van der Waals surface area (Å²) < 4.78 is 2.24. The van der Waals surface area contributed by atoms with Gasteiger partial charge >= 0.3 is 0 Å². The zero-order valence-corrected chi connectivity index (χ0v) is 25.8. The van der Waals surface area contributed by atoms with Gasteiger partial charge in [0, 0.05) is 35.6 Å². The van der Waals surface area contributed by atoms with Gasteiger partial charge in [-0.2, -0.15) is 0 Å². The number of nitrogens with zero attached hydrogens (tertiary/aromatic N) is 2. The molecule has 2 heterocycles. The van der Waals surface area contributed by atoms with Gasteiger partial charge in [0.25, 0.3) is 5.91 Å². The van der Waals surface area contributed by atoms with Gasteiger partial charge in [-0.15, -0.1) is 0 Å². The second kappa shape index (κ2) is 13.0. The first-order valence-electron chi connectivity index (χ1n) is 15.7. The Morgan fingerprint density at radius 1 is 0.929 bits per heavy atom. The largest absolute Gasteiger partial charge is 0.354 e. The van der Waals surface area contributed by atoms with Crippen LogP contribution in [0.15, 0.2) is 78.9 Å². The van der Waals surface area contributed by atoms with Crippen LogP contribution in [-0.4, -0.2) is 33.9 Å². The van der Waals surface area contributed by atoms with E-state index in [4.69, 9.17) is 0 Å². The van der Waals surface area contributed by atoms with Gasteiger partial charge in [-0.1, -0.05) is 114 Å². The molecule has 3 unspecified atom stereocenters. The summed E-state index contributed by atoms with van der Waals surface area (Å²) >= 11 is 0. The fourth-order valence-corrected chi connectivity index (χ4v) is 6.70.